The molecule has 1 fully saturated rings. The molecular weight excluding hydrogens is 444 g/mol. The van der Waals surface area contributed by atoms with Gasteiger partial charge < -0.3 is 9.30 Å². The Morgan fingerprint density at radius 1 is 0.639 bits per heavy atom. The first-order chi connectivity index (χ1) is 17.7. The number of β-lactam (4-membered cyclic amide) rings is 1. The summed E-state index contributed by atoms with van der Waals surface area (Å²) in [6.45, 7) is 0. The van der Waals surface area contributed by atoms with Crippen molar-refractivity contribution < 1.29 is 9.53 Å². The van der Waals surface area contributed by atoms with E-state index < -0.39 is 0 Å². The van der Waals surface area contributed by atoms with Gasteiger partial charge in [0.25, 0.3) is 5.91 Å². The van der Waals surface area contributed by atoms with Crippen LogP contribution in [0.15, 0.2) is 116 Å². The second-order valence-corrected chi connectivity index (χ2v) is 9.32. The maximum absolute atomic E-state index is 13.9. The van der Waals surface area contributed by atoms with Gasteiger partial charge in [-0.25, -0.2) is 0 Å². The number of amides is 1. The Balaban J connectivity index is 1.49. The summed E-state index contributed by atoms with van der Waals surface area (Å²) in [5.74, 6) is 0.896. The quantitative estimate of drug-likeness (QED) is 0.201. The normalized spacial score (nSPS) is 17.6. The average molecular weight is 469 g/mol. The molecule has 1 aliphatic heterocycles. The van der Waals surface area contributed by atoms with Crippen molar-refractivity contribution in [3.63, 3.8) is 0 Å². The van der Waals surface area contributed by atoms with Crippen LogP contribution in [-0.2, 0) is 4.79 Å². The van der Waals surface area contributed by atoms with Gasteiger partial charge in [0.15, 0.2) is 0 Å². The molecule has 1 amide bonds. The lowest BCUT2D eigenvalue weighted by Gasteiger charge is -2.48. The van der Waals surface area contributed by atoms with Gasteiger partial charge in [-0.15, -0.1) is 0 Å². The van der Waals surface area contributed by atoms with E-state index in [-0.39, 0.29) is 18.0 Å². The first-order valence-electron chi connectivity index (χ1n) is 12.2. The highest BCUT2D eigenvalue weighted by molar-refractivity contribution is 6.23. The van der Waals surface area contributed by atoms with E-state index in [0.717, 1.165) is 33.2 Å². The Kier molecular flexibility index (Phi) is 4.61. The SMILES string of the molecule is COc1ccc([C@@H]2[C@@H](n3cccc3)C(=O)N2c2cc3c4ccccc4ccc3c3ccccc23)cc1. The van der Waals surface area contributed by atoms with Gasteiger partial charge in [-0.2, -0.15) is 0 Å². The summed E-state index contributed by atoms with van der Waals surface area (Å²) in [6.07, 6.45) is 3.95. The molecule has 1 aromatic heterocycles. The highest BCUT2D eigenvalue weighted by atomic mass is 16.5. The summed E-state index contributed by atoms with van der Waals surface area (Å²) in [5, 5.41) is 6.98. The van der Waals surface area contributed by atoms with Crippen molar-refractivity contribution in [3.8, 4) is 5.75 Å². The number of benzene rings is 5. The van der Waals surface area contributed by atoms with Gasteiger partial charge in [-0.05, 0) is 62.8 Å². The third-order valence-corrected chi connectivity index (χ3v) is 7.48. The van der Waals surface area contributed by atoms with Crippen molar-refractivity contribution in [2.24, 2.45) is 0 Å². The van der Waals surface area contributed by atoms with Gasteiger partial charge in [-0.1, -0.05) is 72.8 Å². The summed E-state index contributed by atoms with van der Waals surface area (Å²) in [6, 6.07) is 35.0. The minimum atomic E-state index is -0.296. The van der Waals surface area contributed by atoms with Crippen LogP contribution >= 0.6 is 0 Å². The monoisotopic (exact) mass is 468 g/mol. The summed E-state index contributed by atoms with van der Waals surface area (Å²) < 4.78 is 7.41. The van der Waals surface area contributed by atoms with E-state index in [1.54, 1.807) is 7.11 Å². The second-order valence-electron chi connectivity index (χ2n) is 9.32. The van der Waals surface area contributed by atoms with Crippen LogP contribution in [0.1, 0.15) is 17.6 Å². The summed E-state index contributed by atoms with van der Waals surface area (Å²) in [4.78, 5) is 15.9. The number of hydrogen-bond donors (Lipinski definition) is 0. The molecule has 36 heavy (non-hydrogen) atoms. The van der Waals surface area contributed by atoms with Crippen LogP contribution in [0, 0.1) is 0 Å². The number of carbonyl (C=O) groups is 1. The molecule has 2 heterocycles. The van der Waals surface area contributed by atoms with Crippen molar-refractivity contribution >= 4 is 43.9 Å². The highest BCUT2D eigenvalue weighted by Crippen LogP contribution is 2.50. The molecular formula is C32H24N2O2. The van der Waals surface area contributed by atoms with Gasteiger partial charge >= 0.3 is 0 Å². The Morgan fingerprint density at radius 2 is 1.31 bits per heavy atom. The molecule has 1 saturated heterocycles. The van der Waals surface area contributed by atoms with E-state index >= 15 is 0 Å². The topological polar surface area (TPSA) is 34.5 Å². The van der Waals surface area contributed by atoms with Crippen molar-refractivity contribution in [1.29, 1.82) is 0 Å². The number of methoxy groups -OCH3 is 1. The molecule has 0 aliphatic carbocycles. The lowest BCUT2D eigenvalue weighted by atomic mass is 9.85. The van der Waals surface area contributed by atoms with Crippen LogP contribution < -0.4 is 9.64 Å². The number of ether oxygens (including phenoxy) is 1. The number of nitrogens with zero attached hydrogens (tertiary/aromatic N) is 2. The number of hydrogen-bond acceptors (Lipinski definition) is 2. The molecule has 174 valence electrons. The van der Waals surface area contributed by atoms with Gasteiger partial charge in [0, 0.05) is 17.8 Å². The molecule has 7 rings (SSSR count). The maximum Gasteiger partial charge on any atom is 0.253 e. The number of aromatic nitrogens is 1. The fraction of sp³-hybridized carbons (Fsp3) is 0.0938. The molecule has 0 spiro atoms. The Labute approximate surface area is 208 Å². The third kappa shape index (κ3) is 2.97. The molecule has 0 saturated carbocycles. The molecule has 1 aliphatic rings. The van der Waals surface area contributed by atoms with E-state index in [2.05, 4.69) is 78.9 Å². The van der Waals surface area contributed by atoms with Gasteiger partial charge in [0.2, 0.25) is 0 Å². The smallest absolute Gasteiger partial charge is 0.253 e. The van der Waals surface area contributed by atoms with E-state index in [9.17, 15) is 4.79 Å². The molecule has 0 unspecified atom stereocenters. The molecule has 4 nitrogen and oxygen atoms in total. The van der Waals surface area contributed by atoms with Crippen LogP contribution in [0.4, 0.5) is 5.69 Å². The molecule has 4 heteroatoms. The average Bonchev–Trinajstić information content (AvgIpc) is 3.45. The zero-order chi connectivity index (χ0) is 24.2. The number of carbonyl (C=O) groups excluding carboxylic acids is 1. The molecule has 2 atom stereocenters. The lowest BCUT2D eigenvalue weighted by molar-refractivity contribution is -0.129. The Bertz CT molecular complexity index is 1750. The molecule has 0 bridgehead atoms. The fourth-order valence-electron chi connectivity index (χ4n) is 5.74. The van der Waals surface area contributed by atoms with Gasteiger partial charge in [0.05, 0.1) is 18.8 Å². The molecule has 5 aromatic carbocycles. The Hall–Kier alpha value is -4.57. The van der Waals surface area contributed by atoms with Crippen LogP contribution in [-0.4, -0.2) is 17.6 Å². The van der Waals surface area contributed by atoms with E-state index in [1.165, 1.54) is 16.2 Å². The van der Waals surface area contributed by atoms with Crippen LogP contribution in [0.25, 0.3) is 32.3 Å². The standard InChI is InChI=1S/C32H24N2O2/c1-36-23-15-12-22(13-16-23)30-31(33-18-6-7-19-33)32(35)34(30)29-20-28-24-9-3-2-8-21(24)14-17-26(28)25-10-4-5-11-27(25)29/h2-20,30-31H,1H3/t30-,31-/m1/s1. The van der Waals surface area contributed by atoms with Crippen molar-refractivity contribution in [3.05, 3.63) is 121 Å². The zero-order valence-corrected chi connectivity index (χ0v) is 19.8. The zero-order valence-electron chi connectivity index (χ0n) is 19.8. The van der Waals surface area contributed by atoms with Crippen molar-refractivity contribution in [2.75, 3.05) is 12.0 Å². The second kappa shape index (κ2) is 7.99. The largest absolute Gasteiger partial charge is 0.497 e. The van der Waals surface area contributed by atoms with Crippen LogP contribution in [0.5, 0.6) is 5.75 Å². The third-order valence-electron chi connectivity index (χ3n) is 7.48. The first kappa shape index (κ1) is 20.8. The van der Waals surface area contributed by atoms with Crippen LogP contribution in [0.2, 0.25) is 0 Å². The summed E-state index contributed by atoms with van der Waals surface area (Å²) in [5.41, 5.74) is 2.03. The van der Waals surface area contributed by atoms with E-state index in [0.29, 0.717) is 0 Å². The first-order valence-corrected chi connectivity index (χ1v) is 12.2. The van der Waals surface area contributed by atoms with E-state index in [4.69, 9.17) is 4.74 Å². The molecule has 6 aromatic rings. The van der Waals surface area contributed by atoms with E-state index in [1.807, 2.05) is 46.1 Å². The summed E-state index contributed by atoms with van der Waals surface area (Å²) >= 11 is 0. The number of fused-ring (bicyclic) bond motifs is 5. The van der Waals surface area contributed by atoms with Crippen molar-refractivity contribution in [2.45, 2.75) is 12.1 Å². The maximum atomic E-state index is 13.9. The minimum Gasteiger partial charge on any atom is -0.497 e. The van der Waals surface area contributed by atoms with Gasteiger partial charge in [0.1, 0.15) is 11.8 Å². The van der Waals surface area contributed by atoms with Crippen molar-refractivity contribution in [1.82, 2.24) is 4.57 Å². The predicted molar refractivity (Wildman–Crippen MR) is 146 cm³/mol. The van der Waals surface area contributed by atoms with Gasteiger partial charge in [-0.3, -0.25) is 9.69 Å². The summed E-state index contributed by atoms with van der Waals surface area (Å²) in [7, 11) is 1.67. The lowest BCUT2D eigenvalue weighted by Crippen LogP contribution is -2.55. The molecule has 0 N–H and O–H groups in total. The van der Waals surface area contributed by atoms with Crippen LogP contribution in [0.3, 0.4) is 0 Å². The minimum absolute atomic E-state index is 0.0942. The number of rotatable bonds is 4. The highest BCUT2D eigenvalue weighted by Gasteiger charge is 2.50. The number of anilines is 1. The molecule has 0 radical (unpaired) electrons. The fourth-order valence-corrected chi connectivity index (χ4v) is 5.74. The predicted octanol–water partition coefficient (Wildman–Crippen LogP) is 7.29. The Morgan fingerprint density at radius 3 is 2.06 bits per heavy atom.